The van der Waals surface area contributed by atoms with Crippen molar-refractivity contribution in [3.05, 3.63) is 46.4 Å². The number of benzene rings is 2. The lowest BCUT2D eigenvalue weighted by molar-refractivity contribution is 0.474. The van der Waals surface area contributed by atoms with Crippen LogP contribution in [0.4, 0.5) is 0 Å². The molecule has 0 unspecified atom stereocenters. The average molecular weight is 255 g/mol. The smallest absolute Gasteiger partial charge is 0.134 e. The molecule has 82 valence electrons. The standard InChI is InChI=1S/C12H8Cl2O2/c13-9-3-1-7(5-11(9)15)8-2-4-10(14)12(16)6-8/h1-6,15-16H. The third kappa shape index (κ3) is 2.08. The molecule has 0 saturated heterocycles. The third-order valence-electron chi connectivity index (χ3n) is 2.23. The summed E-state index contributed by atoms with van der Waals surface area (Å²) in [5.41, 5.74) is 1.52. The zero-order chi connectivity index (χ0) is 11.7. The summed E-state index contributed by atoms with van der Waals surface area (Å²) in [4.78, 5) is 0. The topological polar surface area (TPSA) is 40.5 Å². The molecule has 0 aliphatic heterocycles. The second kappa shape index (κ2) is 4.24. The molecule has 2 N–H and O–H groups in total. The Bertz CT molecular complexity index is 489. The summed E-state index contributed by atoms with van der Waals surface area (Å²) in [7, 11) is 0. The Hall–Kier alpha value is -1.38. The second-order valence-electron chi connectivity index (χ2n) is 3.33. The van der Waals surface area contributed by atoms with Crippen molar-refractivity contribution in [2.75, 3.05) is 0 Å². The van der Waals surface area contributed by atoms with Gasteiger partial charge in [-0.2, -0.15) is 0 Å². The van der Waals surface area contributed by atoms with E-state index in [1.54, 1.807) is 24.3 Å². The quantitative estimate of drug-likeness (QED) is 0.806. The van der Waals surface area contributed by atoms with Gasteiger partial charge in [-0.1, -0.05) is 35.3 Å². The van der Waals surface area contributed by atoms with E-state index < -0.39 is 0 Å². The van der Waals surface area contributed by atoms with Gasteiger partial charge in [0.2, 0.25) is 0 Å². The Morgan fingerprint density at radius 3 is 1.38 bits per heavy atom. The maximum atomic E-state index is 9.46. The SMILES string of the molecule is Oc1cc(-c2ccc(Cl)c(O)c2)ccc1Cl. The lowest BCUT2D eigenvalue weighted by Crippen LogP contribution is -1.79. The minimum atomic E-state index is 0.00797. The van der Waals surface area contributed by atoms with Crippen molar-refractivity contribution in [2.45, 2.75) is 0 Å². The minimum absolute atomic E-state index is 0.00797. The van der Waals surface area contributed by atoms with Gasteiger partial charge in [-0.15, -0.1) is 0 Å². The Kier molecular flexibility index (Phi) is 2.95. The Morgan fingerprint density at radius 2 is 1.06 bits per heavy atom. The molecule has 0 saturated carbocycles. The van der Waals surface area contributed by atoms with Crippen LogP contribution in [0, 0.1) is 0 Å². The molecule has 0 heterocycles. The maximum Gasteiger partial charge on any atom is 0.134 e. The predicted molar refractivity (Wildman–Crippen MR) is 65.2 cm³/mol. The zero-order valence-corrected chi connectivity index (χ0v) is 9.63. The van der Waals surface area contributed by atoms with Crippen LogP contribution in [0.3, 0.4) is 0 Å². The average Bonchev–Trinajstić information content (AvgIpc) is 2.26. The van der Waals surface area contributed by atoms with E-state index in [9.17, 15) is 10.2 Å². The lowest BCUT2D eigenvalue weighted by Gasteiger charge is -2.05. The third-order valence-corrected chi connectivity index (χ3v) is 2.86. The highest BCUT2D eigenvalue weighted by molar-refractivity contribution is 6.32. The fourth-order valence-electron chi connectivity index (χ4n) is 1.38. The molecule has 0 aromatic heterocycles. The van der Waals surface area contributed by atoms with Crippen molar-refractivity contribution in [1.82, 2.24) is 0 Å². The van der Waals surface area contributed by atoms with Crippen LogP contribution in [-0.4, -0.2) is 10.2 Å². The molecule has 16 heavy (non-hydrogen) atoms. The van der Waals surface area contributed by atoms with Gasteiger partial charge in [-0.3, -0.25) is 0 Å². The molecule has 0 spiro atoms. The minimum Gasteiger partial charge on any atom is -0.506 e. The molecule has 4 heteroatoms. The number of hydrogen-bond acceptors (Lipinski definition) is 2. The van der Waals surface area contributed by atoms with Crippen LogP contribution < -0.4 is 0 Å². The molecule has 2 rings (SSSR count). The van der Waals surface area contributed by atoms with E-state index in [4.69, 9.17) is 23.2 Å². The van der Waals surface area contributed by atoms with Crippen LogP contribution in [0.1, 0.15) is 0 Å². The van der Waals surface area contributed by atoms with E-state index in [2.05, 4.69) is 0 Å². The van der Waals surface area contributed by atoms with Crippen LogP contribution in [0.5, 0.6) is 11.5 Å². The number of halogens is 2. The van der Waals surface area contributed by atoms with E-state index in [0.29, 0.717) is 10.0 Å². The monoisotopic (exact) mass is 254 g/mol. The van der Waals surface area contributed by atoms with Crippen molar-refractivity contribution in [2.24, 2.45) is 0 Å². The van der Waals surface area contributed by atoms with E-state index in [0.717, 1.165) is 11.1 Å². The van der Waals surface area contributed by atoms with Crippen molar-refractivity contribution >= 4 is 23.2 Å². The molecule has 0 atom stereocenters. The van der Waals surface area contributed by atoms with Gasteiger partial charge in [0.1, 0.15) is 11.5 Å². The van der Waals surface area contributed by atoms with Crippen molar-refractivity contribution < 1.29 is 10.2 Å². The van der Waals surface area contributed by atoms with Gasteiger partial charge in [0.25, 0.3) is 0 Å². The van der Waals surface area contributed by atoms with Gasteiger partial charge in [0.15, 0.2) is 0 Å². The molecule has 0 aliphatic rings. The number of phenolic OH excluding ortho intramolecular Hbond substituents is 2. The zero-order valence-electron chi connectivity index (χ0n) is 8.11. The highest BCUT2D eigenvalue weighted by Gasteiger charge is 2.05. The molecule has 2 nitrogen and oxygen atoms in total. The molecule has 2 aromatic rings. The van der Waals surface area contributed by atoms with Crippen LogP contribution >= 0.6 is 23.2 Å². The highest BCUT2D eigenvalue weighted by Crippen LogP contribution is 2.33. The first-order valence-electron chi connectivity index (χ1n) is 4.55. The Balaban J connectivity index is 2.50. The van der Waals surface area contributed by atoms with Crippen LogP contribution in [-0.2, 0) is 0 Å². The molecule has 0 aliphatic carbocycles. The summed E-state index contributed by atoms with van der Waals surface area (Å²) < 4.78 is 0. The van der Waals surface area contributed by atoms with Gasteiger partial charge < -0.3 is 10.2 Å². The van der Waals surface area contributed by atoms with E-state index in [1.807, 2.05) is 0 Å². The molecule has 2 aromatic carbocycles. The van der Waals surface area contributed by atoms with Gasteiger partial charge in [-0.25, -0.2) is 0 Å². The Labute approximate surface area is 103 Å². The first-order chi connectivity index (χ1) is 7.58. The first-order valence-corrected chi connectivity index (χ1v) is 5.31. The molecule has 0 amide bonds. The Morgan fingerprint density at radius 1 is 0.688 bits per heavy atom. The fraction of sp³-hybridized carbons (Fsp3) is 0. The number of hydrogen-bond donors (Lipinski definition) is 2. The summed E-state index contributed by atoms with van der Waals surface area (Å²) in [6.45, 7) is 0. The number of phenols is 2. The largest absolute Gasteiger partial charge is 0.506 e. The van der Waals surface area contributed by atoms with Crippen molar-refractivity contribution in [3.63, 3.8) is 0 Å². The summed E-state index contributed by atoms with van der Waals surface area (Å²) in [5, 5.41) is 19.5. The second-order valence-corrected chi connectivity index (χ2v) is 4.15. The van der Waals surface area contributed by atoms with Crippen molar-refractivity contribution in [1.29, 1.82) is 0 Å². The van der Waals surface area contributed by atoms with Gasteiger partial charge >= 0.3 is 0 Å². The number of rotatable bonds is 1. The van der Waals surface area contributed by atoms with Crippen LogP contribution in [0.2, 0.25) is 10.0 Å². The lowest BCUT2D eigenvalue weighted by atomic mass is 10.1. The molecular weight excluding hydrogens is 247 g/mol. The van der Waals surface area contributed by atoms with E-state index in [1.165, 1.54) is 12.1 Å². The van der Waals surface area contributed by atoms with Crippen LogP contribution in [0.15, 0.2) is 36.4 Å². The van der Waals surface area contributed by atoms with E-state index >= 15 is 0 Å². The number of aromatic hydroxyl groups is 2. The summed E-state index contributed by atoms with van der Waals surface area (Å²) in [6, 6.07) is 9.77. The highest BCUT2D eigenvalue weighted by atomic mass is 35.5. The molecule has 0 fully saturated rings. The first kappa shape index (κ1) is 11.1. The van der Waals surface area contributed by atoms with Crippen molar-refractivity contribution in [3.8, 4) is 22.6 Å². The summed E-state index contributed by atoms with van der Waals surface area (Å²) in [5.74, 6) is 0.0159. The van der Waals surface area contributed by atoms with Gasteiger partial charge in [0.05, 0.1) is 10.0 Å². The van der Waals surface area contributed by atoms with Gasteiger partial charge in [0, 0.05) is 0 Å². The van der Waals surface area contributed by atoms with Crippen LogP contribution in [0.25, 0.3) is 11.1 Å². The van der Waals surface area contributed by atoms with E-state index in [-0.39, 0.29) is 11.5 Å². The molecular formula is C12H8Cl2O2. The predicted octanol–water partition coefficient (Wildman–Crippen LogP) is 4.07. The normalized spacial score (nSPS) is 10.4. The van der Waals surface area contributed by atoms with Gasteiger partial charge in [-0.05, 0) is 35.4 Å². The maximum absolute atomic E-state index is 9.46. The molecule has 0 bridgehead atoms. The molecule has 0 radical (unpaired) electrons. The summed E-state index contributed by atoms with van der Waals surface area (Å²) >= 11 is 11.4. The fourth-order valence-corrected chi connectivity index (χ4v) is 1.62. The summed E-state index contributed by atoms with van der Waals surface area (Å²) in [6.07, 6.45) is 0.